The minimum Gasteiger partial charge on any atom is -0.374 e. The predicted molar refractivity (Wildman–Crippen MR) is 72.8 cm³/mol. The molecule has 0 saturated heterocycles. The van der Waals surface area contributed by atoms with Crippen LogP contribution in [-0.2, 0) is 17.8 Å². The number of aromatic nitrogens is 2. The smallest absolute Gasteiger partial charge is 0.227 e. The molecule has 5 heteroatoms. The van der Waals surface area contributed by atoms with Crippen molar-refractivity contribution in [2.24, 2.45) is 5.92 Å². The molecule has 1 aromatic rings. The van der Waals surface area contributed by atoms with Gasteiger partial charge in [-0.25, -0.2) is 0 Å². The van der Waals surface area contributed by atoms with Crippen LogP contribution in [0.1, 0.15) is 51.2 Å². The lowest BCUT2D eigenvalue weighted by molar-refractivity contribution is 0.126. The van der Waals surface area contributed by atoms with Crippen LogP contribution in [0.4, 0.5) is 0 Å². The molecule has 2 unspecified atom stereocenters. The van der Waals surface area contributed by atoms with Gasteiger partial charge in [0.25, 0.3) is 0 Å². The second-order valence-electron chi connectivity index (χ2n) is 5.15. The van der Waals surface area contributed by atoms with Gasteiger partial charge < -0.3 is 14.6 Å². The molecule has 5 nitrogen and oxygen atoms in total. The summed E-state index contributed by atoms with van der Waals surface area (Å²) in [5, 5.41) is 7.54. The fraction of sp³-hybridized carbons (Fsp3) is 0.857. The summed E-state index contributed by atoms with van der Waals surface area (Å²) in [6.45, 7) is 6.28. The van der Waals surface area contributed by atoms with Gasteiger partial charge in [-0.3, -0.25) is 0 Å². The molecule has 1 aliphatic rings. The molecule has 108 valence electrons. The largest absolute Gasteiger partial charge is 0.374 e. The summed E-state index contributed by atoms with van der Waals surface area (Å²) in [4.78, 5) is 4.41. The molecule has 1 saturated carbocycles. The van der Waals surface area contributed by atoms with Crippen LogP contribution in [-0.4, -0.2) is 29.3 Å². The Morgan fingerprint density at radius 1 is 1.32 bits per heavy atom. The maximum atomic E-state index is 5.32. The lowest BCUT2D eigenvalue weighted by Gasteiger charge is -2.31. The van der Waals surface area contributed by atoms with Crippen molar-refractivity contribution < 1.29 is 9.26 Å². The summed E-state index contributed by atoms with van der Waals surface area (Å²) < 4.78 is 10.6. The lowest BCUT2D eigenvalue weighted by Crippen LogP contribution is -2.39. The Kier molecular flexibility index (Phi) is 5.79. The zero-order valence-corrected chi connectivity index (χ0v) is 12.0. The van der Waals surface area contributed by atoms with E-state index in [1.54, 1.807) is 0 Å². The number of hydrogen-bond acceptors (Lipinski definition) is 5. The standard InChI is InChI=1S/C14H25N3O2/c1-3-15-12-8-6-5-7-11(12)9-14-16-13(17-19-14)10-18-4-2/h11-12,15H,3-10H2,1-2H3. The van der Waals surface area contributed by atoms with Crippen molar-refractivity contribution in [3.8, 4) is 0 Å². The minimum absolute atomic E-state index is 0.446. The Hall–Kier alpha value is -0.940. The van der Waals surface area contributed by atoms with Crippen LogP contribution in [0.2, 0.25) is 0 Å². The highest BCUT2D eigenvalue weighted by molar-refractivity contribution is 4.91. The van der Waals surface area contributed by atoms with Crippen LogP contribution < -0.4 is 5.32 Å². The highest BCUT2D eigenvalue weighted by Crippen LogP contribution is 2.27. The minimum atomic E-state index is 0.446. The van der Waals surface area contributed by atoms with E-state index < -0.39 is 0 Å². The molecule has 1 aromatic heterocycles. The Morgan fingerprint density at radius 2 is 2.16 bits per heavy atom. The molecule has 1 aliphatic carbocycles. The van der Waals surface area contributed by atoms with Gasteiger partial charge in [0, 0.05) is 19.1 Å². The molecule has 0 aromatic carbocycles. The summed E-state index contributed by atoms with van der Waals surface area (Å²) in [6.07, 6.45) is 6.04. The maximum Gasteiger partial charge on any atom is 0.227 e. The van der Waals surface area contributed by atoms with Crippen LogP contribution in [0.5, 0.6) is 0 Å². The van der Waals surface area contributed by atoms with E-state index in [2.05, 4.69) is 22.4 Å². The van der Waals surface area contributed by atoms with Crippen LogP contribution in [0, 0.1) is 5.92 Å². The monoisotopic (exact) mass is 267 g/mol. The van der Waals surface area contributed by atoms with Crippen LogP contribution in [0.3, 0.4) is 0 Å². The van der Waals surface area contributed by atoms with E-state index in [9.17, 15) is 0 Å². The maximum absolute atomic E-state index is 5.32. The third kappa shape index (κ3) is 4.28. The van der Waals surface area contributed by atoms with Crippen LogP contribution >= 0.6 is 0 Å². The molecule has 0 aliphatic heterocycles. The zero-order valence-electron chi connectivity index (χ0n) is 12.0. The fourth-order valence-electron chi connectivity index (χ4n) is 2.83. The summed E-state index contributed by atoms with van der Waals surface area (Å²) in [6, 6.07) is 0.598. The summed E-state index contributed by atoms with van der Waals surface area (Å²) in [5.74, 6) is 2.03. The van der Waals surface area contributed by atoms with E-state index in [1.165, 1.54) is 25.7 Å². The van der Waals surface area contributed by atoms with Crippen molar-refractivity contribution in [1.82, 2.24) is 15.5 Å². The quantitative estimate of drug-likeness (QED) is 0.821. The summed E-state index contributed by atoms with van der Waals surface area (Å²) in [5.41, 5.74) is 0. The molecule has 1 fully saturated rings. The normalized spacial score (nSPS) is 23.7. The van der Waals surface area contributed by atoms with Crippen molar-refractivity contribution in [1.29, 1.82) is 0 Å². The van der Waals surface area contributed by atoms with E-state index in [0.29, 0.717) is 31.0 Å². The highest BCUT2D eigenvalue weighted by Gasteiger charge is 2.26. The molecule has 2 atom stereocenters. The van der Waals surface area contributed by atoms with Gasteiger partial charge in [-0.1, -0.05) is 24.9 Å². The third-order valence-corrected chi connectivity index (χ3v) is 3.76. The molecular formula is C14H25N3O2. The second-order valence-corrected chi connectivity index (χ2v) is 5.15. The van der Waals surface area contributed by atoms with Crippen molar-refractivity contribution in [2.45, 2.75) is 58.6 Å². The van der Waals surface area contributed by atoms with Gasteiger partial charge in [-0.05, 0) is 32.2 Å². The number of rotatable bonds is 7. The SMILES string of the molecule is CCNC1CCCCC1Cc1nc(COCC)no1. The first kappa shape index (κ1) is 14.5. The van der Waals surface area contributed by atoms with E-state index in [4.69, 9.17) is 9.26 Å². The Morgan fingerprint density at radius 3 is 2.95 bits per heavy atom. The number of nitrogens with one attached hydrogen (secondary N) is 1. The lowest BCUT2D eigenvalue weighted by atomic mass is 9.82. The summed E-state index contributed by atoms with van der Waals surface area (Å²) in [7, 11) is 0. The van der Waals surface area contributed by atoms with Gasteiger partial charge in [0.05, 0.1) is 0 Å². The van der Waals surface area contributed by atoms with E-state index in [1.807, 2.05) is 6.92 Å². The van der Waals surface area contributed by atoms with Gasteiger partial charge in [0.2, 0.25) is 5.89 Å². The Bertz CT molecular complexity index is 365. The van der Waals surface area contributed by atoms with E-state index >= 15 is 0 Å². The molecular weight excluding hydrogens is 242 g/mol. The van der Waals surface area contributed by atoms with Crippen molar-refractivity contribution in [2.75, 3.05) is 13.2 Å². The topological polar surface area (TPSA) is 60.2 Å². The van der Waals surface area contributed by atoms with Gasteiger partial charge in [0.15, 0.2) is 5.82 Å². The molecule has 0 bridgehead atoms. The number of ether oxygens (including phenoxy) is 1. The third-order valence-electron chi connectivity index (χ3n) is 3.76. The van der Waals surface area contributed by atoms with Gasteiger partial charge in [-0.15, -0.1) is 0 Å². The van der Waals surface area contributed by atoms with Gasteiger partial charge in [0.1, 0.15) is 6.61 Å². The number of hydrogen-bond donors (Lipinski definition) is 1. The molecule has 0 radical (unpaired) electrons. The van der Waals surface area contributed by atoms with E-state index in [0.717, 1.165) is 18.9 Å². The average molecular weight is 267 g/mol. The van der Waals surface area contributed by atoms with Gasteiger partial charge in [-0.2, -0.15) is 4.98 Å². The van der Waals surface area contributed by atoms with Crippen LogP contribution in [0.15, 0.2) is 4.52 Å². The molecule has 2 rings (SSSR count). The Labute approximate surface area is 115 Å². The zero-order chi connectivity index (χ0) is 13.5. The molecule has 0 spiro atoms. The van der Waals surface area contributed by atoms with Crippen LogP contribution in [0.25, 0.3) is 0 Å². The summed E-state index contributed by atoms with van der Waals surface area (Å²) >= 11 is 0. The first-order valence-electron chi connectivity index (χ1n) is 7.46. The Balaban J connectivity index is 1.89. The van der Waals surface area contributed by atoms with E-state index in [-0.39, 0.29) is 0 Å². The fourth-order valence-corrected chi connectivity index (χ4v) is 2.83. The van der Waals surface area contributed by atoms with Crippen molar-refractivity contribution in [3.63, 3.8) is 0 Å². The first-order valence-corrected chi connectivity index (χ1v) is 7.46. The molecule has 1 heterocycles. The molecule has 1 N–H and O–H groups in total. The van der Waals surface area contributed by atoms with Crippen molar-refractivity contribution >= 4 is 0 Å². The van der Waals surface area contributed by atoms with Gasteiger partial charge >= 0.3 is 0 Å². The van der Waals surface area contributed by atoms with Crippen molar-refractivity contribution in [3.05, 3.63) is 11.7 Å². The average Bonchev–Trinajstić information content (AvgIpc) is 2.87. The first-order chi connectivity index (χ1) is 9.33. The predicted octanol–water partition coefficient (Wildman–Crippen LogP) is 2.32. The highest BCUT2D eigenvalue weighted by atomic mass is 16.5. The second kappa shape index (κ2) is 7.60. The molecule has 19 heavy (non-hydrogen) atoms. The number of nitrogens with zero attached hydrogens (tertiary/aromatic N) is 2. The molecule has 0 amide bonds.